The molecule has 13 heavy (non-hydrogen) atoms. The fraction of sp³-hybridized carbons (Fsp3) is 0.111. The van der Waals surface area contributed by atoms with E-state index in [1.807, 2.05) is 13.0 Å². The van der Waals surface area contributed by atoms with E-state index in [0.717, 1.165) is 10.9 Å². The molecule has 2 rings (SSSR count). The summed E-state index contributed by atoms with van der Waals surface area (Å²) in [7, 11) is 0. The molecule has 0 amide bonds. The molecule has 2 N–H and O–H groups in total. The van der Waals surface area contributed by atoms with Crippen LogP contribution in [0, 0.1) is 18.3 Å². The number of H-pyrrole nitrogens is 2. The summed E-state index contributed by atoms with van der Waals surface area (Å²) in [6.45, 7) is 1.91. The van der Waals surface area contributed by atoms with Crippen LogP contribution in [0.15, 0.2) is 17.1 Å². The third kappa shape index (κ3) is 1.02. The molecule has 2 heterocycles. The second kappa shape index (κ2) is 2.49. The highest BCUT2D eigenvalue weighted by molar-refractivity contribution is 5.80. The van der Waals surface area contributed by atoms with Crippen LogP contribution in [0.3, 0.4) is 0 Å². The first-order valence-electron chi connectivity index (χ1n) is 3.83. The van der Waals surface area contributed by atoms with Gasteiger partial charge in [0.1, 0.15) is 17.3 Å². The molecule has 4 nitrogen and oxygen atoms in total. The molecule has 0 bridgehead atoms. The Morgan fingerprint density at radius 2 is 2.31 bits per heavy atom. The van der Waals surface area contributed by atoms with Gasteiger partial charge in [0.05, 0.1) is 0 Å². The number of pyridine rings is 1. The van der Waals surface area contributed by atoms with Crippen LogP contribution in [-0.2, 0) is 0 Å². The SMILES string of the molecule is Cc1c[nH]c2[nH]c(=O)c(C#N)cc12. The second-order valence-electron chi connectivity index (χ2n) is 2.88. The number of nitrogens with zero attached hydrogens (tertiary/aromatic N) is 1. The Morgan fingerprint density at radius 3 is 3.00 bits per heavy atom. The predicted molar refractivity (Wildman–Crippen MR) is 48.4 cm³/mol. The van der Waals surface area contributed by atoms with Gasteiger partial charge in [0.15, 0.2) is 0 Å². The largest absolute Gasteiger partial charge is 0.347 e. The summed E-state index contributed by atoms with van der Waals surface area (Å²) in [5, 5.41) is 9.51. The molecule has 0 saturated heterocycles. The highest BCUT2D eigenvalue weighted by Crippen LogP contribution is 2.13. The Bertz CT molecular complexity index is 556. The van der Waals surface area contributed by atoms with Gasteiger partial charge in [-0.3, -0.25) is 4.79 Å². The number of aromatic nitrogens is 2. The molecule has 0 aliphatic rings. The normalized spacial score (nSPS) is 10.2. The summed E-state index contributed by atoms with van der Waals surface area (Å²) in [6, 6.07) is 3.44. The summed E-state index contributed by atoms with van der Waals surface area (Å²) in [5.41, 5.74) is 1.48. The molecule has 0 aliphatic carbocycles. The minimum absolute atomic E-state index is 0.148. The summed E-state index contributed by atoms with van der Waals surface area (Å²) in [6.07, 6.45) is 1.79. The minimum Gasteiger partial charge on any atom is -0.347 e. The summed E-state index contributed by atoms with van der Waals surface area (Å²) in [4.78, 5) is 16.7. The number of hydrogen-bond acceptors (Lipinski definition) is 2. The Morgan fingerprint density at radius 1 is 1.54 bits per heavy atom. The van der Waals surface area contributed by atoms with Crippen LogP contribution in [0.4, 0.5) is 0 Å². The zero-order chi connectivity index (χ0) is 9.42. The van der Waals surface area contributed by atoms with Gasteiger partial charge in [-0.25, -0.2) is 0 Å². The Balaban J connectivity index is 2.95. The molecule has 0 aliphatic heterocycles. The van der Waals surface area contributed by atoms with Crippen molar-refractivity contribution in [3.63, 3.8) is 0 Å². The first-order chi connectivity index (χ1) is 6.22. The first-order valence-corrected chi connectivity index (χ1v) is 3.83. The second-order valence-corrected chi connectivity index (χ2v) is 2.88. The van der Waals surface area contributed by atoms with Gasteiger partial charge in [0.25, 0.3) is 5.56 Å². The molecule has 2 aromatic rings. The number of hydrogen-bond donors (Lipinski definition) is 2. The van der Waals surface area contributed by atoms with Gasteiger partial charge in [-0.1, -0.05) is 0 Å². The highest BCUT2D eigenvalue weighted by atomic mass is 16.1. The fourth-order valence-corrected chi connectivity index (χ4v) is 1.30. The van der Waals surface area contributed by atoms with Crippen molar-refractivity contribution in [1.29, 1.82) is 5.26 Å². The van der Waals surface area contributed by atoms with Crippen LogP contribution >= 0.6 is 0 Å². The van der Waals surface area contributed by atoms with Crippen molar-refractivity contribution >= 4 is 11.0 Å². The minimum atomic E-state index is -0.350. The van der Waals surface area contributed by atoms with E-state index >= 15 is 0 Å². The number of aromatic amines is 2. The Labute approximate surface area is 73.8 Å². The smallest absolute Gasteiger partial charge is 0.267 e. The summed E-state index contributed by atoms with van der Waals surface area (Å²) in [5.74, 6) is 0. The maximum Gasteiger partial charge on any atom is 0.267 e. The molecule has 0 spiro atoms. The average molecular weight is 173 g/mol. The van der Waals surface area contributed by atoms with Crippen LogP contribution in [-0.4, -0.2) is 9.97 Å². The molecule has 2 aromatic heterocycles. The predicted octanol–water partition coefficient (Wildman–Crippen LogP) is 1.04. The van der Waals surface area contributed by atoms with E-state index in [9.17, 15) is 4.79 Å². The van der Waals surface area contributed by atoms with Crippen LogP contribution in [0.2, 0.25) is 0 Å². The number of rotatable bonds is 0. The van der Waals surface area contributed by atoms with Crippen molar-refractivity contribution in [3.8, 4) is 6.07 Å². The molecular formula is C9H7N3O. The topological polar surface area (TPSA) is 72.4 Å². The standard InChI is InChI=1S/C9H7N3O/c1-5-4-11-8-7(5)2-6(3-10)9(13)12-8/h2,4H,1H3,(H2,11,12,13). The van der Waals surface area contributed by atoms with E-state index in [-0.39, 0.29) is 11.1 Å². The van der Waals surface area contributed by atoms with Crippen molar-refractivity contribution in [2.45, 2.75) is 6.92 Å². The van der Waals surface area contributed by atoms with E-state index in [1.54, 1.807) is 12.3 Å². The van der Waals surface area contributed by atoms with E-state index in [2.05, 4.69) is 9.97 Å². The van der Waals surface area contributed by atoms with Gasteiger partial charge in [0, 0.05) is 11.6 Å². The average Bonchev–Trinajstić information content (AvgIpc) is 2.46. The zero-order valence-electron chi connectivity index (χ0n) is 7.01. The maximum absolute atomic E-state index is 11.2. The lowest BCUT2D eigenvalue weighted by Gasteiger charge is -1.91. The monoisotopic (exact) mass is 173 g/mol. The molecule has 0 fully saturated rings. The van der Waals surface area contributed by atoms with Gasteiger partial charge in [0.2, 0.25) is 0 Å². The molecule has 0 unspecified atom stereocenters. The number of fused-ring (bicyclic) bond motifs is 1. The lowest BCUT2D eigenvalue weighted by molar-refractivity contribution is 1.24. The van der Waals surface area contributed by atoms with Crippen LogP contribution < -0.4 is 5.56 Å². The van der Waals surface area contributed by atoms with Crippen molar-refractivity contribution in [3.05, 3.63) is 33.7 Å². The van der Waals surface area contributed by atoms with Gasteiger partial charge in [-0.15, -0.1) is 0 Å². The van der Waals surface area contributed by atoms with E-state index in [4.69, 9.17) is 5.26 Å². The van der Waals surface area contributed by atoms with Crippen molar-refractivity contribution < 1.29 is 0 Å². The van der Waals surface area contributed by atoms with Crippen molar-refractivity contribution in [2.24, 2.45) is 0 Å². The van der Waals surface area contributed by atoms with Gasteiger partial charge >= 0.3 is 0 Å². The number of nitriles is 1. The number of aryl methyl sites for hydroxylation is 1. The molecule has 4 heteroatoms. The molecule has 0 aromatic carbocycles. The fourth-order valence-electron chi connectivity index (χ4n) is 1.30. The Kier molecular flexibility index (Phi) is 1.46. The molecule has 64 valence electrons. The molecule has 0 saturated carbocycles. The van der Waals surface area contributed by atoms with E-state index in [0.29, 0.717) is 5.65 Å². The molecule has 0 radical (unpaired) electrons. The van der Waals surface area contributed by atoms with Crippen LogP contribution in [0.25, 0.3) is 11.0 Å². The Hall–Kier alpha value is -2.02. The van der Waals surface area contributed by atoms with E-state index < -0.39 is 0 Å². The van der Waals surface area contributed by atoms with Gasteiger partial charge in [-0.2, -0.15) is 5.26 Å². The van der Waals surface area contributed by atoms with Gasteiger partial charge in [-0.05, 0) is 18.6 Å². The maximum atomic E-state index is 11.2. The highest BCUT2D eigenvalue weighted by Gasteiger charge is 2.04. The van der Waals surface area contributed by atoms with Crippen LogP contribution in [0.1, 0.15) is 11.1 Å². The number of nitrogens with one attached hydrogen (secondary N) is 2. The molecule has 0 atom stereocenters. The molecular weight excluding hydrogens is 166 g/mol. The quantitative estimate of drug-likeness (QED) is 0.624. The zero-order valence-corrected chi connectivity index (χ0v) is 7.01. The van der Waals surface area contributed by atoms with Crippen molar-refractivity contribution in [2.75, 3.05) is 0 Å². The van der Waals surface area contributed by atoms with Gasteiger partial charge < -0.3 is 9.97 Å². The third-order valence-electron chi connectivity index (χ3n) is 2.02. The lowest BCUT2D eigenvalue weighted by Crippen LogP contribution is -2.09. The van der Waals surface area contributed by atoms with Crippen LogP contribution in [0.5, 0.6) is 0 Å². The summed E-state index contributed by atoms with van der Waals surface area (Å²) >= 11 is 0. The first kappa shape index (κ1) is 7.62. The van der Waals surface area contributed by atoms with Crippen molar-refractivity contribution in [1.82, 2.24) is 9.97 Å². The van der Waals surface area contributed by atoms with E-state index in [1.165, 1.54) is 0 Å². The lowest BCUT2D eigenvalue weighted by atomic mass is 10.2. The summed E-state index contributed by atoms with van der Waals surface area (Å²) < 4.78 is 0. The third-order valence-corrected chi connectivity index (χ3v) is 2.02.